The zero-order valence-corrected chi connectivity index (χ0v) is 14.1. The van der Waals surface area contributed by atoms with Crippen LogP contribution in [0.2, 0.25) is 0 Å². The first-order valence-corrected chi connectivity index (χ1v) is 7.30. The highest BCUT2D eigenvalue weighted by atomic mass is 35.5. The molecule has 1 nitrogen and oxygen atoms in total. The van der Waals surface area contributed by atoms with Crippen LogP contribution in [0.1, 0.15) is 48.0 Å². The van der Waals surface area contributed by atoms with E-state index in [4.69, 9.17) is 11.6 Å². The fourth-order valence-electron chi connectivity index (χ4n) is 1.67. The molecule has 0 radical (unpaired) electrons. The highest BCUT2D eigenvalue weighted by Crippen LogP contribution is 2.25. The summed E-state index contributed by atoms with van der Waals surface area (Å²) in [6.45, 7) is 11.5. The molecule has 0 atom stereocenters. The van der Waals surface area contributed by atoms with Gasteiger partial charge in [0.1, 0.15) is 0 Å². The minimum absolute atomic E-state index is 0.0228. The van der Waals surface area contributed by atoms with Crippen LogP contribution >= 0.6 is 11.6 Å². The standard InChI is InChI=1S/C18H25ClO/c1-7-15(11-10-13(4)5)12-17(14(6)20)16(8-2)18(19)9-3/h8-12H,7H2,1-6H3/b15-11+,16-8-,17-12+,18-9+. The van der Waals surface area contributed by atoms with Crippen LogP contribution in [0.3, 0.4) is 0 Å². The Labute approximate surface area is 128 Å². The van der Waals surface area contributed by atoms with E-state index in [1.54, 1.807) is 13.0 Å². The molecule has 0 amide bonds. The summed E-state index contributed by atoms with van der Waals surface area (Å²) in [5, 5.41) is 0.603. The molecule has 0 unspecified atom stereocenters. The molecule has 0 bridgehead atoms. The molecule has 0 aromatic rings. The van der Waals surface area contributed by atoms with Crippen LogP contribution in [-0.4, -0.2) is 5.78 Å². The predicted molar refractivity (Wildman–Crippen MR) is 89.9 cm³/mol. The van der Waals surface area contributed by atoms with Crippen molar-refractivity contribution in [1.82, 2.24) is 0 Å². The smallest absolute Gasteiger partial charge is 0.160 e. The third-order valence-corrected chi connectivity index (χ3v) is 3.26. The molecule has 0 aliphatic carbocycles. The maximum Gasteiger partial charge on any atom is 0.160 e. The monoisotopic (exact) mass is 292 g/mol. The Morgan fingerprint density at radius 1 is 1.00 bits per heavy atom. The number of allylic oxidation sites excluding steroid dienone is 10. The quantitative estimate of drug-likeness (QED) is 0.440. The number of Topliss-reactive ketones (excluding diaryl/α,β-unsaturated/α-hetero) is 1. The third-order valence-electron chi connectivity index (χ3n) is 2.84. The van der Waals surface area contributed by atoms with Crippen molar-refractivity contribution < 1.29 is 4.79 Å². The predicted octanol–water partition coefficient (Wildman–Crippen LogP) is 5.89. The zero-order chi connectivity index (χ0) is 15.7. The normalized spacial score (nSPS) is 14.3. The number of hydrogen-bond donors (Lipinski definition) is 0. The summed E-state index contributed by atoms with van der Waals surface area (Å²) in [6.07, 6.45) is 10.6. The Hall–Kier alpha value is -1.34. The van der Waals surface area contributed by atoms with Crippen LogP contribution < -0.4 is 0 Å². The van der Waals surface area contributed by atoms with Crippen molar-refractivity contribution in [2.75, 3.05) is 0 Å². The summed E-state index contributed by atoms with van der Waals surface area (Å²) < 4.78 is 0. The summed E-state index contributed by atoms with van der Waals surface area (Å²) >= 11 is 6.19. The van der Waals surface area contributed by atoms with Crippen LogP contribution in [-0.2, 0) is 4.79 Å². The molecule has 0 rings (SSSR count). The van der Waals surface area contributed by atoms with Crippen LogP contribution in [0, 0.1) is 0 Å². The number of ketones is 1. The van der Waals surface area contributed by atoms with Crippen molar-refractivity contribution >= 4 is 17.4 Å². The van der Waals surface area contributed by atoms with Gasteiger partial charge in [-0.3, -0.25) is 4.79 Å². The lowest BCUT2D eigenvalue weighted by molar-refractivity contribution is -0.113. The van der Waals surface area contributed by atoms with Crippen LogP contribution in [0.5, 0.6) is 0 Å². The molecule has 0 aromatic carbocycles. The van der Waals surface area contributed by atoms with Gasteiger partial charge in [0.2, 0.25) is 0 Å². The van der Waals surface area contributed by atoms with Gasteiger partial charge >= 0.3 is 0 Å². The fraction of sp³-hybridized carbons (Fsp3) is 0.389. The second-order valence-corrected chi connectivity index (χ2v) is 5.20. The van der Waals surface area contributed by atoms with E-state index >= 15 is 0 Å². The average molecular weight is 293 g/mol. The van der Waals surface area contributed by atoms with Crippen molar-refractivity contribution in [3.8, 4) is 0 Å². The molecule has 0 spiro atoms. The van der Waals surface area contributed by atoms with Gasteiger partial charge in [-0.25, -0.2) is 0 Å². The molecule has 20 heavy (non-hydrogen) atoms. The Bertz CT molecular complexity index is 496. The number of halogens is 1. The van der Waals surface area contributed by atoms with E-state index in [0.29, 0.717) is 10.6 Å². The van der Waals surface area contributed by atoms with Crippen molar-refractivity contribution in [1.29, 1.82) is 0 Å². The lowest BCUT2D eigenvalue weighted by Crippen LogP contribution is -2.02. The van der Waals surface area contributed by atoms with Gasteiger partial charge in [0, 0.05) is 10.6 Å². The first-order chi connectivity index (χ1) is 9.37. The van der Waals surface area contributed by atoms with Crippen LogP contribution in [0.25, 0.3) is 0 Å². The first kappa shape index (κ1) is 18.7. The van der Waals surface area contributed by atoms with Crippen molar-refractivity contribution in [2.24, 2.45) is 0 Å². The Morgan fingerprint density at radius 2 is 1.60 bits per heavy atom. The SMILES string of the molecule is C/C=C(C(=C/C(=C/C=C(C)C)CC)/C(C)=O)\C(Cl)=C/C. The lowest BCUT2D eigenvalue weighted by Gasteiger charge is -2.09. The maximum atomic E-state index is 11.9. The maximum absolute atomic E-state index is 11.9. The van der Waals surface area contributed by atoms with Crippen molar-refractivity contribution in [3.05, 3.63) is 57.7 Å². The summed E-state index contributed by atoms with van der Waals surface area (Å²) in [7, 11) is 0. The molecular formula is C18H25ClO. The number of rotatable bonds is 6. The van der Waals surface area contributed by atoms with Gasteiger partial charge in [0.05, 0.1) is 0 Å². The van der Waals surface area contributed by atoms with E-state index < -0.39 is 0 Å². The molecule has 110 valence electrons. The zero-order valence-electron chi connectivity index (χ0n) is 13.4. The molecule has 0 N–H and O–H groups in total. The summed E-state index contributed by atoms with van der Waals surface area (Å²) in [5.41, 5.74) is 3.78. The summed E-state index contributed by atoms with van der Waals surface area (Å²) in [5.74, 6) is 0.0228. The topological polar surface area (TPSA) is 17.1 Å². The molecule has 0 heterocycles. The lowest BCUT2D eigenvalue weighted by atomic mass is 9.97. The van der Waals surface area contributed by atoms with Crippen LogP contribution in [0.15, 0.2) is 57.7 Å². The van der Waals surface area contributed by atoms with E-state index in [0.717, 1.165) is 17.6 Å². The minimum Gasteiger partial charge on any atom is -0.294 e. The van der Waals surface area contributed by atoms with E-state index in [-0.39, 0.29) is 5.78 Å². The number of carbonyl (C=O) groups is 1. The van der Waals surface area contributed by atoms with Crippen molar-refractivity contribution in [3.63, 3.8) is 0 Å². The first-order valence-electron chi connectivity index (χ1n) is 6.92. The van der Waals surface area contributed by atoms with Crippen LogP contribution in [0.4, 0.5) is 0 Å². The van der Waals surface area contributed by atoms with Gasteiger partial charge in [-0.05, 0) is 58.3 Å². The van der Waals surface area contributed by atoms with Gasteiger partial charge in [-0.2, -0.15) is 0 Å². The molecule has 0 aromatic heterocycles. The second kappa shape index (κ2) is 9.55. The molecule has 0 saturated heterocycles. The number of hydrogen-bond acceptors (Lipinski definition) is 1. The van der Waals surface area contributed by atoms with Gasteiger partial charge in [0.25, 0.3) is 0 Å². The van der Waals surface area contributed by atoms with E-state index in [1.165, 1.54) is 5.57 Å². The second-order valence-electron chi connectivity index (χ2n) is 4.79. The fourth-order valence-corrected chi connectivity index (χ4v) is 1.88. The average Bonchev–Trinajstić information content (AvgIpc) is 2.41. The van der Waals surface area contributed by atoms with E-state index in [9.17, 15) is 4.79 Å². The molecule has 0 fully saturated rings. The van der Waals surface area contributed by atoms with E-state index in [1.807, 2.05) is 39.8 Å². The van der Waals surface area contributed by atoms with Gasteiger partial charge in [0.15, 0.2) is 5.78 Å². The Morgan fingerprint density at radius 3 is 1.95 bits per heavy atom. The molecule has 0 saturated carbocycles. The van der Waals surface area contributed by atoms with E-state index in [2.05, 4.69) is 19.1 Å². The summed E-state index contributed by atoms with van der Waals surface area (Å²) in [4.78, 5) is 11.9. The molecular weight excluding hydrogens is 268 g/mol. The molecule has 2 heteroatoms. The minimum atomic E-state index is 0.0228. The largest absolute Gasteiger partial charge is 0.294 e. The highest BCUT2D eigenvalue weighted by Gasteiger charge is 2.12. The summed E-state index contributed by atoms with van der Waals surface area (Å²) in [6, 6.07) is 0. The third kappa shape index (κ3) is 6.21. The molecule has 0 aliphatic heterocycles. The number of carbonyl (C=O) groups excluding carboxylic acids is 1. The Balaban J connectivity index is 5.81. The van der Waals surface area contributed by atoms with Gasteiger partial charge < -0.3 is 0 Å². The Kier molecular flexibility index (Phi) is 8.91. The van der Waals surface area contributed by atoms with Gasteiger partial charge in [-0.1, -0.05) is 48.4 Å². The van der Waals surface area contributed by atoms with Crippen molar-refractivity contribution in [2.45, 2.75) is 48.0 Å². The highest BCUT2D eigenvalue weighted by molar-refractivity contribution is 6.33. The van der Waals surface area contributed by atoms with Gasteiger partial charge in [-0.15, -0.1) is 0 Å². The molecule has 0 aliphatic rings.